The van der Waals surface area contributed by atoms with E-state index >= 15 is 0 Å². The lowest BCUT2D eigenvalue weighted by Crippen LogP contribution is -2.51. The van der Waals surface area contributed by atoms with Crippen LogP contribution in [-0.4, -0.2) is 62.3 Å². The molecule has 3 aliphatic heterocycles. The van der Waals surface area contributed by atoms with Crippen molar-refractivity contribution in [2.24, 2.45) is 0 Å². The van der Waals surface area contributed by atoms with Crippen LogP contribution in [0.1, 0.15) is 122 Å². The van der Waals surface area contributed by atoms with Gasteiger partial charge in [0.05, 0.1) is 0 Å². The third kappa shape index (κ3) is 11.8. The quantitative estimate of drug-likeness (QED) is 0.493. The van der Waals surface area contributed by atoms with Crippen molar-refractivity contribution in [3.05, 3.63) is 0 Å². The highest BCUT2D eigenvalue weighted by Crippen LogP contribution is 2.16. The predicted octanol–water partition coefficient (Wildman–Crippen LogP) is 5.62. The Bertz CT molecular complexity index is 413. The molecule has 0 spiro atoms. The molecular formula is C28H56N4. The molecule has 3 unspecified atom stereocenters. The van der Waals surface area contributed by atoms with Crippen molar-refractivity contribution < 1.29 is 0 Å². The van der Waals surface area contributed by atoms with Gasteiger partial charge in [-0.25, -0.2) is 0 Å². The van der Waals surface area contributed by atoms with Crippen LogP contribution in [0.3, 0.4) is 0 Å². The molecule has 3 fully saturated rings. The second-order valence-electron chi connectivity index (χ2n) is 11.2. The van der Waals surface area contributed by atoms with Gasteiger partial charge in [-0.05, 0) is 58.2 Å². The Morgan fingerprint density at radius 1 is 0.375 bits per heavy atom. The lowest BCUT2D eigenvalue weighted by molar-refractivity contribution is 0.181. The largest absolute Gasteiger partial charge is 0.313 e. The highest BCUT2D eigenvalue weighted by atomic mass is 15.2. The third-order valence-corrected chi connectivity index (χ3v) is 8.17. The molecule has 3 atom stereocenters. The molecule has 3 N–H and O–H groups in total. The zero-order valence-electron chi connectivity index (χ0n) is 21.4. The first kappa shape index (κ1) is 26.4. The molecule has 3 saturated heterocycles. The molecule has 3 aliphatic rings. The Morgan fingerprint density at radius 3 is 1.00 bits per heavy atom. The molecule has 0 saturated carbocycles. The fourth-order valence-electron chi connectivity index (χ4n) is 6.17. The lowest BCUT2D eigenvalue weighted by atomic mass is 10.0. The number of hydrogen-bond acceptors (Lipinski definition) is 4. The predicted molar refractivity (Wildman–Crippen MR) is 140 cm³/mol. The van der Waals surface area contributed by atoms with E-state index < -0.39 is 0 Å². The van der Waals surface area contributed by atoms with E-state index in [1.807, 2.05) is 0 Å². The minimum atomic E-state index is 0.679. The van der Waals surface area contributed by atoms with Gasteiger partial charge in [-0.15, -0.1) is 0 Å². The van der Waals surface area contributed by atoms with Crippen molar-refractivity contribution in [1.82, 2.24) is 20.9 Å². The van der Waals surface area contributed by atoms with Gasteiger partial charge in [-0.2, -0.15) is 0 Å². The maximum atomic E-state index is 3.99. The average molecular weight is 449 g/mol. The molecule has 4 heteroatoms. The van der Waals surface area contributed by atoms with Crippen LogP contribution in [-0.2, 0) is 0 Å². The van der Waals surface area contributed by atoms with E-state index in [-0.39, 0.29) is 0 Å². The highest BCUT2D eigenvalue weighted by Gasteiger charge is 2.22. The van der Waals surface area contributed by atoms with E-state index in [0.29, 0.717) is 18.1 Å². The van der Waals surface area contributed by atoms with E-state index in [0.717, 1.165) is 0 Å². The van der Waals surface area contributed by atoms with Crippen molar-refractivity contribution in [1.29, 1.82) is 0 Å². The molecule has 0 amide bonds. The van der Waals surface area contributed by atoms with Crippen molar-refractivity contribution >= 4 is 0 Å². The van der Waals surface area contributed by atoms with Crippen LogP contribution in [0.2, 0.25) is 0 Å². The second kappa shape index (κ2) is 17.3. The highest BCUT2D eigenvalue weighted by molar-refractivity contribution is 4.82. The van der Waals surface area contributed by atoms with Gasteiger partial charge in [0.15, 0.2) is 0 Å². The molecule has 0 bridgehead atoms. The number of nitrogens with zero attached hydrogens (tertiary/aromatic N) is 1. The number of rotatable bonds is 6. The van der Waals surface area contributed by atoms with E-state index in [2.05, 4.69) is 20.9 Å². The first-order valence-corrected chi connectivity index (χ1v) is 14.8. The van der Waals surface area contributed by atoms with E-state index in [9.17, 15) is 0 Å². The molecule has 0 aliphatic carbocycles. The Hall–Kier alpha value is -0.160. The number of hydrogen-bond donors (Lipinski definition) is 3. The Morgan fingerprint density at radius 2 is 0.656 bits per heavy atom. The summed E-state index contributed by atoms with van der Waals surface area (Å²) >= 11 is 0. The van der Waals surface area contributed by atoms with Gasteiger partial charge in [0.1, 0.15) is 0 Å². The minimum absolute atomic E-state index is 0.679. The van der Waals surface area contributed by atoms with Crippen molar-refractivity contribution in [2.75, 3.05) is 39.3 Å². The fraction of sp³-hybridized carbons (Fsp3) is 1.00. The Kier molecular flexibility index (Phi) is 14.3. The third-order valence-electron chi connectivity index (χ3n) is 8.17. The molecule has 0 radical (unpaired) electrons. The smallest absolute Gasteiger partial charge is 0.0195 e. The maximum absolute atomic E-state index is 3.99. The van der Waals surface area contributed by atoms with Gasteiger partial charge in [-0.1, -0.05) is 83.5 Å². The zero-order chi connectivity index (χ0) is 22.1. The van der Waals surface area contributed by atoms with E-state index in [1.54, 1.807) is 0 Å². The van der Waals surface area contributed by atoms with Gasteiger partial charge in [-0.3, -0.25) is 4.90 Å². The summed E-state index contributed by atoms with van der Waals surface area (Å²) < 4.78 is 0. The summed E-state index contributed by atoms with van der Waals surface area (Å²) in [5, 5.41) is 11.9. The van der Waals surface area contributed by atoms with E-state index in [1.165, 1.54) is 161 Å². The zero-order valence-corrected chi connectivity index (χ0v) is 21.4. The van der Waals surface area contributed by atoms with Crippen LogP contribution in [0, 0.1) is 0 Å². The molecule has 188 valence electrons. The minimum Gasteiger partial charge on any atom is -0.313 e. The molecule has 0 aromatic carbocycles. The van der Waals surface area contributed by atoms with Crippen LogP contribution in [0.4, 0.5) is 0 Å². The summed E-state index contributed by atoms with van der Waals surface area (Å²) in [4.78, 5) is 2.87. The van der Waals surface area contributed by atoms with E-state index in [4.69, 9.17) is 0 Å². The van der Waals surface area contributed by atoms with Gasteiger partial charge < -0.3 is 16.0 Å². The van der Waals surface area contributed by atoms with Crippen LogP contribution in [0.25, 0.3) is 0 Å². The lowest BCUT2D eigenvalue weighted by Gasteiger charge is -2.35. The molecule has 0 aromatic rings. The Balaban J connectivity index is 1.58. The summed E-state index contributed by atoms with van der Waals surface area (Å²) in [5.41, 5.74) is 0. The monoisotopic (exact) mass is 448 g/mol. The topological polar surface area (TPSA) is 39.3 Å². The molecular weight excluding hydrogens is 392 g/mol. The van der Waals surface area contributed by atoms with Gasteiger partial charge in [0.25, 0.3) is 0 Å². The first-order chi connectivity index (χ1) is 15.9. The van der Waals surface area contributed by atoms with Crippen LogP contribution in [0.15, 0.2) is 0 Å². The van der Waals surface area contributed by atoms with Crippen LogP contribution >= 0.6 is 0 Å². The normalized spacial score (nSPS) is 30.8. The summed E-state index contributed by atoms with van der Waals surface area (Å²) in [5.74, 6) is 0. The van der Waals surface area contributed by atoms with Crippen molar-refractivity contribution in [2.45, 2.75) is 140 Å². The summed E-state index contributed by atoms with van der Waals surface area (Å²) in [6.45, 7) is 7.41. The van der Waals surface area contributed by atoms with Crippen LogP contribution in [0.5, 0.6) is 0 Å². The first-order valence-electron chi connectivity index (χ1n) is 14.8. The maximum Gasteiger partial charge on any atom is 0.0195 e. The molecule has 3 rings (SSSR count). The van der Waals surface area contributed by atoms with Crippen LogP contribution < -0.4 is 16.0 Å². The molecule has 3 heterocycles. The standard InChI is InChI=1S/C28H56N4/c1-2-5-11-17-26(29-20-14-8-3-1)23-32(25-28-19-13-7-10-16-22-31-28)24-27-18-12-6-4-9-15-21-30-27/h26-31H,1-25H2. The molecule has 32 heavy (non-hydrogen) atoms. The second-order valence-corrected chi connectivity index (χ2v) is 11.2. The summed E-state index contributed by atoms with van der Waals surface area (Å²) in [7, 11) is 0. The fourth-order valence-corrected chi connectivity index (χ4v) is 6.17. The van der Waals surface area contributed by atoms with Gasteiger partial charge >= 0.3 is 0 Å². The van der Waals surface area contributed by atoms with Gasteiger partial charge in [0, 0.05) is 37.8 Å². The molecule has 4 nitrogen and oxygen atoms in total. The molecule has 0 aromatic heterocycles. The number of nitrogens with one attached hydrogen (secondary N) is 3. The van der Waals surface area contributed by atoms with Crippen molar-refractivity contribution in [3.63, 3.8) is 0 Å². The average Bonchev–Trinajstić information content (AvgIpc) is 2.85. The Labute approximate surface area is 200 Å². The summed E-state index contributed by atoms with van der Waals surface area (Å²) in [6.07, 6.45) is 26.8. The van der Waals surface area contributed by atoms with Crippen molar-refractivity contribution in [3.8, 4) is 0 Å². The SMILES string of the molecule is C1CCCCNC(CN(CC2CCCCCCCN2)CC2CCCCCCN2)CCCC1. The van der Waals surface area contributed by atoms with Gasteiger partial charge in [0.2, 0.25) is 0 Å². The summed E-state index contributed by atoms with van der Waals surface area (Å²) in [6, 6.07) is 2.05.